The van der Waals surface area contributed by atoms with Gasteiger partial charge in [-0.05, 0) is 65.9 Å². The lowest BCUT2D eigenvalue weighted by Gasteiger charge is -2.37. The number of likely N-dealkylation sites (tertiary alicyclic amines) is 1. The number of benzene rings is 1. The highest BCUT2D eigenvalue weighted by Gasteiger charge is 2.24. The van der Waals surface area contributed by atoms with Crippen molar-refractivity contribution < 1.29 is 4.39 Å². The first-order valence-electron chi connectivity index (χ1n) is 6.48. The summed E-state index contributed by atoms with van der Waals surface area (Å²) in [5.41, 5.74) is 6.78. The summed E-state index contributed by atoms with van der Waals surface area (Å²) in [5.74, 6) is 0.397. The molecule has 0 aliphatic carbocycles. The van der Waals surface area contributed by atoms with Crippen LogP contribution in [0.25, 0.3) is 0 Å². The lowest BCUT2D eigenvalue weighted by molar-refractivity contribution is 0.113. The number of hydrogen-bond donors (Lipinski definition) is 1. The van der Waals surface area contributed by atoms with Crippen LogP contribution in [-0.2, 0) is 6.54 Å². The Morgan fingerprint density at radius 2 is 2.22 bits per heavy atom. The van der Waals surface area contributed by atoms with Crippen molar-refractivity contribution in [2.75, 3.05) is 13.1 Å². The van der Waals surface area contributed by atoms with Gasteiger partial charge in [0.05, 0.1) is 4.47 Å². The summed E-state index contributed by atoms with van der Waals surface area (Å²) < 4.78 is 14.0. The molecule has 100 valence electrons. The maximum atomic E-state index is 13.5. The van der Waals surface area contributed by atoms with Crippen molar-refractivity contribution in [2.24, 2.45) is 11.7 Å². The monoisotopic (exact) mass is 314 g/mol. The zero-order valence-electron chi connectivity index (χ0n) is 10.7. The van der Waals surface area contributed by atoms with Crippen LogP contribution < -0.4 is 5.73 Å². The van der Waals surface area contributed by atoms with Gasteiger partial charge in [0.2, 0.25) is 0 Å². The van der Waals surface area contributed by atoms with Gasteiger partial charge in [-0.3, -0.25) is 4.90 Å². The van der Waals surface area contributed by atoms with Crippen molar-refractivity contribution in [3.05, 3.63) is 34.1 Å². The molecule has 1 aromatic rings. The largest absolute Gasteiger partial charge is 0.330 e. The van der Waals surface area contributed by atoms with Crippen molar-refractivity contribution in [3.63, 3.8) is 0 Å². The third-order valence-electron chi connectivity index (χ3n) is 3.81. The zero-order chi connectivity index (χ0) is 13.1. The SMILES string of the molecule is CC1CCC(CN)CN1Cc1ccc(Br)c(F)c1. The molecule has 0 spiro atoms. The molecule has 2 unspecified atom stereocenters. The van der Waals surface area contributed by atoms with Gasteiger partial charge in [0.15, 0.2) is 0 Å². The van der Waals surface area contributed by atoms with Crippen molar-refractivity contribution in [3.8, 4) is 0 Å². The molecule has 2 nitrogen and oxygen atoms in total. The molecule has 1 heterocycles. The topological polar surface area (TPSA) is 29.3 Å². The molecular weight excluding hydrogens is 295 g/mol. The summed E-state index contributed by atoms with van der Waals surface area (Å²) >= 11 is 3.18. The van der Waals surface area contributed by atoms with Crippen molar-refractivity contribution in [1.29, 1.82) is 0 Å². The van der Waals surface area contributed by atoms with Crippen LogP contribution in [0.4, 0.5) is 4.39 Å². The second kappa shape index (κ2) is 6.13. The number of nitrogens with zero attached hydrogens (tertiary/aromatic N) is 1. The van der Waals surface area contributed by atoms with Gasteiger partial charge in [0.1, 0.15) is 5.82 Å². The smallest absolute Gasteiger partial charge is 0.137 e. The lowest BCUT2D eigenvalue weighted by atomic mass is 9.93. The molecule has 1 aromatic carbocycles. The maximum absolute atomic E-state index is 13.5. The standard InChI is InChI=1S/C14H20BrFN2/c1-10-2-3-12(7-17)9-18(10)8-11-4-5-13(15)14(16)6-11/h4-6,10,12H,2-3,7-9,17H2,1H3. The molecule has 4 heteroatoms. The van der Waals surface area contributed by atoms with Crippen LogP contribution in [0.3, 0.4) is 0 Å². The van der Waals surface area contributed by atoms with Crippen LogP contribution in [0.5, 0.6) is 0 Å². The third-order valence-corrected chi connectivity index (χ3v) is 4.45. The fourth-order valence-electron chi connectivity index (χ4n) is 2.55. The first kappa shape index (κ1) is 14.0. The molecule has 2 atom stereocenters. The van der Waals surface area contributed by atoms with Gasteiger partial charge in [-0.25, -0.2) is 4.39 Å². The van der Waals surface area contributed by atoms with E-state index in [0.29, 0.717) is 16.4 Å². The highest BCUT2D eigenvalue weighted by atomic mass is 79.9. The minimum atomic E-state index is -0.187. The second-order valence-corrected chi connectivity index (χ2v) is 6.06. The van der Waals surface area contributed by atoms with E-state index in [2.05, 4.69) is 27.8 Å². The molecule has 2 N–H and O–H groups in total. The molecule has 1 aliphatic rings. The van der Waals surface area contributed by atoms with Gasteiger partial charge < -0.3 is 5.73 Å². The average Bonchev–Trinajstić information content (AvgIpc) is 2.36. The van der Waals surface area contributed by atoms with E-state index < -0.39 is 0 Å². The van der Waals surface area contributed by atoms with E-state index in [1.807, 2.05) is 6.07 Å². The van der Waals surface area contributed by atoms with E-state index in [1.165, 1.54) is 12.8 Å². The Morgan fingerprint density at radius 1 is 1.44 bits per heavy atom. The van der Waals surface area contributed by atoms with Gasteiger partial charge in [0.25, 0.3) is 0 Å². The van der Waals surface area contributed by atoms with Gasteiger partial charge in [-0.1, -0.05) is 6.07 Å². The number of hydrogen-bond acceptors (Lipinski definition) is 2. The van der Waals surface area contributed by atoms with E-state index in [1.54, 1.807) is 12.1 Å². The van der Waals surface area contributed by atoms with E-state index in [-0.39, 0.29) is 5.82 Å². The Balaban J connectivity index is 2.04. The van der Waals surface area contributed by atoms with E-state index in [9.17, 15) is 4.39 Å². The van der Waals surface area contributed by atoms with Crippen LogP contribution in [0.2, 0.25) is 0 Å². The van der Waals surface area contributed by atoms with E-state index in [4.69, 9.17) is 5.73 Å². The molecule has 1 fully saturated rings. The van der Waals surface area contributed by atoms with E-state index >= 15 is 0 Å². The summed E-state index contributed by atoms with van der Waals surface area (Å²) in [7, 11) is 0. The van der Waals surface area contributed by atoms with Crippen LogP contribution in [0.1, 0.15) is 25.3 Å². The predicted molar refractivity (Wildman–Crippen MR) is 75.8 cm³/mol. The normalized spacial score (nSPS) is 25.3. The van der Waals surface area contributed by atoms with Gasteiger partial charge >= 0.3 is 0 Å². The minimum absolute atomic E-state index is 0.187. The summed E-state index contributed by atoms with van der Waals surface area (Å²) in [5, 5.41) is 0. The average molecular weight is 315 g/mol. The minimum Gasteiger partial charge on any atom is -0.330 e. The van der Waals surface area contributed by atoms with Crippen molar-refractivity contribution >= 4 is 15.9 Å². The second-order valence-electron chi connectivity index (χ2n) is 5.21. The highest BCUT2D eigenvalue weighted by molar-refractivity contribution is 9.10. The predicted octanol–water partition coefficient (Wildman–Crippen LogP) is 3.15. The van der Waals surface area contributed by atoms with Crippen LogP contribution in [-0.4, -0.2) is 24.0 Å². The van der Waals surface area contributed by atoms with E-state index in [0.717, 1.165) is 25.2 Å². The summed E-state index contributed by atoms with van der Waals surface area (Å²) in [6, 6.07) is 5.92. The Kier molecular flexibility index (Phi) is 4.76. The highest BCUT2D eigenvalue weighted by Crippen LogP contribution is 2.24. The quantitative estimate of drug-likeness (QED) is 0.928. The zero-order valence-corrected chi connectivity index (χ0v) is 12.3. The molecular formula is C14H20BrFN2. The summed E-state index contributed by atoms with van der Waals surface area (Å²) in [6.45, 7) is 4.82. The van der Waals surface area contributed by atoms with Crippen LogP contribution >= 0.6 is 15.9 Å². The molecule has 2 rings (SSSR count). The van der Waals surface area contributed by atoms with Crippen LogP contribution in [0, 0.1) is 11.7 Å². The Morgan fingerprint density at radius 3 is 2.89 bits per heavy atom. The first-order valence-corrected chi connectivity index (χ1v) is 7.27. The Hall–Kier alpha value is -0.450. The first-order chi connectivity index (χ1) is 8.60. The van der Waals surface area contributed by atoms with Crippen molar-refractivity contribution in [1.82, 2.24) is 4.90 Å². The number of rotatable bonds is 3. The number of piperidine rings is 1. The fourth-order valence-corrected chi connectivity index (χ4v) is 2.79. The third kappa shape index (κ3) is 3.31. The number of nitrogens with two attached hydrogens (primary N) is 1. The van der Waals surface area contributed by atoms with Crippen LogP contribution in [0.15, 0.2) is 22.7 Å². The molecule has 0 amide bonds. The summed E-state index contributed by atoms with van der Waals surface area (Å²) in [6.07, 6.45) is 2.39. The molecule has 1 aliphatic heterocycles. The fraction of sp³-hybridized carbons (Fsp3) is 0.571. The Labute approximate surface area is 116 Å². The lowest BCUT2D eigenvalue weighted by Crippen LogP contribution is -2.43. The molecule has 0 saturated carbocycles. The van der Waals surface area contributed by atoms with Gasteiger partial charge in [0, 0.05) is 19.1 Å². The molecule has 0 radical (unpaired) electrons. The molecule has 0 bridgehead atoms. The molecule has 0 aromatic heterocycles. The van der Waals surface area contributed by atoms with Gasteiger partial charge in [-0.15, -0.1) is 0 Å². The Bertz CT molecular complexity index is 411. The molecule has 1 saturated heterocycles. The molecule has 18 heavy (non-hydrogen) atoms. The number of halogens is 2. The van der Waals surface area contributed by atoms with Crippen molar-refractivity contribution in [2.45, 2.75) is 32.4 Å². The van der Waals surface area contributed by atoms with Gasteiger partial charge in [-0.2, -0.15) is 0 Å². The maximum Gasteiger partial charge on any atom is 0.137 e. The summed E-state index contributed by atoms with van der Waals surface area (Å²) in [4.78, 5) is 2.41.